The van der Waals surface area contributed by atoms with E-state index in [1.54, 1.807) is 0 Å². The molecule has 0 spiro atoms. The van der Waals surface area contributed by atoms with Crippen LogP contribution in [0.4, 0.5) is 0 Å². The zero-order valence-corrected chi connectivity index (χ0v) is 15.6. The van der Waals surface area contributed by atoms with Crippen LogP contribution in [0.25, 0.3) is 0 Å². The third kappa shape index (κ3) is 17.6. The summed E-state index contributed by atoms with van der Waals surface area (Å²) in [6, 6.07) is 0. The average Bonchev–Trinajstić information content (AvgIpc) is 3.18. The van der Waals surface area contributed by atoms with Gasteiger partial charge in [0.1, 0.15) is 0 Å². The SMILES string of the molecule is C#C.CC.CC.CC(C)CC1(C(C)C)CC1.CCC. The Bertz CT molecular complexity index is 147. The third-order valence-corrected chi connectivity index (χ3v) is 2.93. The van der Waals surface area contributed by atoms with E-state index in [9.17, 15) is 0 Å². The molecular formula is C19H42. The first-order chi connectivity index (χ1) is 8.98. The quantitative estimate of drug-likeness (QED) is 0.476. The van der Waals surface area contributed by atoms with Crippen molar-refractivity contribution in [3.63, 3.8) is 0 Å². The Balaban J connectivity index is -0.000000106. The Morgan fingerprint density at radius 1 is 0.842 bits per heavy atom. The molecule has 1 rings (SSSR count). The predicted molar refractivity (Wildman–Crippen MR) is 94.5 cm³/mol. The maximum atomic E-state index is 4.00. The van der Waals surface area contributed by atoms with Crippen molar-refractivity contribution < 1.29 is 0 Å². The van der Waals surface area contributed by atoms with Gasteiger partial charge in [0.05, 0.1) is 0 Å². The van der Waals surface area contributed by atoms with E-state index in [0.29, 0.717) is 0 Å². The Labute approximate surface area is 125 Å². The average molecular weight is 271 g/mol. The van der Waals surface area contributed by atoms with Gasteiger partial charge in [-0.05, 0) is 36.5 Å². The fourth-order valence-electron chi connectivity index (χ4n) is 1.99. The standard InChI is InChI=1S/C10H20.C3H8.2C2H6.C2H2/c1-8(2)7-10(5-6-10)9(3)4;1-3-2;3*1-2/h8-9H,5-7H2,1-4H3;3H2,1-2H3;2*1-2H3;1-2H. The van der Waals surface area contributed by atoms with Gasteiger partial charge in [0.15, 0.2) is 0 Å². The number of rotatable bonds is 3. The molecule has 0 radical (unpaired) electrons. The second kappa shape index (κ2) is 19.9. The van der Waals surface area contributed by atoms with Gasteiger partial charge in [-0.2, -0.15) is 0 Å². The van der Waals surface area contributed by atoms with Crippen molar-refractivity contribution in [2.24, 2.45) is 17.3 Å². The van der Waals surface area contributed by atoms with Crippen molar-refractivity contribution in [2.75, 3.05) is 0 Å². The van der Waals surface area contributed by atoms with E-state index in [1.165, 1.54) is 25.7 Å². The minimum absolute atomic E-state index is 0.772. The molecule has 1 aliphatic rings. The van der Waals surface area contributed by atoms with E-state index in [2.05, 4.69) is 54.4 Å². The molecule has 0 bridgehead atoms. The normalized spacial score (nSPS) is 13.4. The second-order valence-corrected chi connectivity index (χ2v) is 5.32. The highest BCUT2D eigenvalue weighted by Crippen LogP contribution is 2.55. The van der Waals surface area contributed by atoms with E-state index in [1.807, 2.05) is 27.7 Å². The zero-order valence-electron chi connectivity index (χ0n) is 15.6. The largest absolute Gasteiger partial charge is 0.124 e. The van der Waals surface area contributed by atoms with Crippen molar-refractivity contribution in [3.05, 3.63) is 0 Å². The Kier molecular flexibility index (Phi) is 28.3. The number of terminal acetylenes is 1. The van der Waals surface area contributed by atoms with E-state index in [-0.39, 0.29) is 0 Å². The van der Waals surface area contributed by atoms with Crippen LogP contribution in [0.2, 0.25) is 0 Å². The lowest BCUT2D eigenvalue weighted by molar-refractivity contribution is 0.292. The molecule has 0 aromatic carbocycles. The topological polar surface area (TPSA) is 0 Å². The molecule has 1 saturated carbocycles. The lowest BCUT2D eigenvalue weighted by atomic mass is 9.84. The van der Waals surface area contributed by atoms with Crippen LogP contribution in [0.3, 0.4) is 0 Å². The summed E-state index contributed by atoms with van der Waals surface area (Å²) >= 11 is 0. The van der Waals surface area contributed by atoms with Gasteiger partial charge in [0.25, 0.3) is 0 Å². The summed E-state index contributed by atoms with van der Waals surface area (Å²) in [5.41, 5.74) is 0.772. The Morgan fingerprint density at radius 3 is 1.16 bits per heavy atom. The predicted octanol–water partition coefficient (Wildman–Crippen LogP) is 7.19. The van der Waals surface area contributed by atoms with Gasteiger partial charge in [-0.3, -0.25) is 0 Å². The van der Waals surface area contributed by atoms with Crippen LogP contribution in [0, 0.1) is 30.1 Å². The molecule has 0 heterocycles. The highest BCUT2D eigenvalue weighted by Gasteiger charge is 2.44. The van der Waals surface area contributed by atoms with E-state index >= 15 is 0 Å². The van der Waals surface area contributed by atoms with Gasteiger partial charge in [-0.1, -0.05) is 75.7 Å². The van der Waals surface area contributed by atoms with Gasteiger partial charge >= 0.3 is 0 Å². The van der Waals surface area contributed by atoms with Crippen LogP contribution in [0.1, 0.15) is 94.9 Å². The molecule has 0 nitrogen and oxygen atoms in total. The molecule has 0 aromatic heterocycles. The summed E-state index contributed by atoms with van der Waals surface area (Å²) in [6.07, 6.45) is 13.7. The molecular weight excluding hydrogens is 228 g/mol. The summed E-state index contributed by atoms with van der Waals surface area (Å²) in [5.74, 6) is 1.81. The summed E-state index contributed by atoms with van der Waals surface area (Å²) in [7, 11) is 0. The van der Waals surface area contributed by atoms with Gasteiger partial charge < -0.3 is 0 Å². The smallest absolute Gasteiger partial charge is 0.0272 e. The molecule has 0 unspecified atom stereocenters. The van der Waals surface area contributed by atoms with Crippen LogP contribution < -0.4 is 0 Å². The summed E-state index contributed by atoms with van der Waals surface area (Å²) in [4.78, 5) is 0. The lowest BCUT2D eigenvalue weighted by Gasteiger charge is -2.21. The molecule has 1 aliphatic carbocycles. The van der Waals surface area contributed by atoms with Gasteiger partial charge in [-0.15, -0.1) is 12.8 Å². The van der Waals surface area contributed by atoms with Crippen molar-refractivity contribution >= 4 is 0 Å². The van der Waals surface area contributed by atoms with Crippen LogP contribution in [-0.2, 0) is 0 Å². The minimum Gasteiger partial charge on any atom is -0.124 e. The molecule has 0 aromatic rings. The fraction of sp³-hybridized carbons (Fsp3) is 0.895. The van der Waals surface area contributed by atoms with Crippen molar-refractivity contribution in [1.82, 2.24) is 0 Å². The van der Waals surface area contributed by atoms with E-state index in [0.717, 1.165) is 17.3 Å². The van der Waals surface area contributed by atoms with Crippen LogP contribution >= 0.6 is 0 Å². The van der Waals surface area contributed by atoms with Crippen molar-refractivity contribution in [1.29, 1.82) is 0 Å². The first kappa shape index (κ1) is 27.0. The van der Waals surface area contributed by atoms with E-state index in [4.69, 9.17) is 0 Å². The second-order valence-electron chi connectivity index (χ2n) is 5.32. The molecule has 0 N–H and O–H groups in total. The van der Waals surface area contributed by atoms with E-state index < -0.39 is 0 Å². The summed E-state index contributed by atoms with van der Waals surface area (Å²) < 4.78 is 0. The fourth-order valence-corrected chi connectivity index (χ4v) is 1.99. The molecule has 1 fully saturated rings. The maximum absolute atomic E-state index is 4.00. The lowest BCUT2D eigenvalue weighted by Crippen LogP contribution is -2.11. The minimum atomic E-state index is 0.772. The zero-order chi connectivity index (χ0) is 16.5. The van der Waals surface area contributed by atoms with Gasteiger partial charge in [0.2, 0.25) is 0 Å². The summed E-state index contributed by atoms with van der Waals surface area (Å²) in [5, 5.41) is 0. The van der Waals surface area contributed by atoms with Crippen molar-refractivity contribution in [3.8, 4) is 12.8 Å². The maximum Gasteiger partial charge on any atom is -0.0272 e. The third-order valence-electron chi connectivity index (χ3n) is 2.93. The Hall–Kier alpha value is -0.440. The molecule has 0 amide bonds. The highest BCUT2D eigenvalue weighted by molar-refractivity contribution is 4.95. The first-order valence-corrected chi connectivity index (χ1v) is 8.31. The molecule has 0 saturated heterocycles. The molecule has 0 heteroatoms. The number of hydrogen-bond donors (Lipinski definition) is 0. The molecule has 19 heavy (non-hydrogen) atoms. The molecule has 0 aliphatic heterocycles. The van der Waals surface area contributed by atoms with Crippen LogP contribution in [0.5, 0.6) is 0 Å². The molecule has 118 valence electrons. The number of hydrogen-bond acceptors (Lipinski definition) is 0. The van der Waals surface area contributed by atoms with Crippen LogP contribution in [-0.4, -0.2) is 0 Å². The summed E-state index contributed by atoms with van der Waals surface area (Å²) in [6.45, 7) is 21.7. The van der Waals surface area contributed by atoms with Crippen LogP contribution in [0.15, 0.2) is 0 Å². The first-order valence-electron chi connectivity index (χ1n) is 8.31. The van der Waals surface area contributed by atoms with Crippen molar-refractivity contribution in [2.45, 2.75) is 94.9 Å². The van der Waals surface area contributed by atoms with Gasteiger partial charge in [-0.25, -0.2) is 0 Å². The Morgan fingerprint density at radius 2 is 1.11 bits per heavy atom. The molecule has 0 atom stereocenters. The monoisotopic (exact) mass is 270 g/mol. The highest BCUT2D eigenvalue weighted by atomic mass is 14.5. The van der Waals surface area contributed by atoms with Gasteiger partial charge in [0, 0.05) is 0 Å².